The summed E-state index contributed by atoms with van der Waals surface area (Å²) in [7, 11) is 1.72. The smallest absolute Gasteiger partial charge is 0.151 e. The molecule has 0 spiro atoms. The Kier molecular flexibility index (Phi) is 2.60. The predicted molar refractivity (Wildman–Crippen MR) is 52.9 cm³/mol. The normalized spacial score (nSPS) is 16.9. The van der Waals surface area contributed by atoms with E-state index in [1.165, 1.54) is 0 Å². The van der Waals surface area contributed by atoms with Crippen molar-refractivity contribution in [3.05, 3.63) is 18.1 Å². The lowest BCUT2D eigenvalue weighted by molar-refractivity contribution is 0.0781. The van der Waals surface area contributed by atoms with Gasteiger partial charge in [-0.1, -0.05) is 0 Å². The summed E-state index contributed by atoms with van der Waals surface area (Å²) < 4.78 is 5.19. The Bertz CT molecular complexity index is 311. The molecule has 2 N–H and O–H groups in total. The Labute approximate surface area is 82.9 Å². The van der Waals surface area contributed by atoms with E-state index < -0.39 is 0 Å². The summed E-state index contributed by atoms with van der Waals surface area (Å²) in [6.45, 7) is 2.18. The van der Waals surface area contributed by atoms with E-state index in [0.29, 0.717) is 12.6 Å². The molecule has 0 radical (unpaired) electrons. The number of nitrogens with zero attached hydrogens (tertiary/aromatic N) is 3. The van der Waals surface area contributed by atoms with Gasteiger partial charge in [0.05, 0.1) is 11.8 Å². The Morgan fingerprint density at radius 1 is 1.50 bits per heavy atom. The van der Waals surface area contributed by atoms with Crippen LogP contribution in [0.5, 0.6) is 0 Å². The molecular weight excluding hydrogens is 180 g/mol. The van der Waals surface area contributed by atoms with Crippen molar-refractivity contribution in [2.24, 2.45) is 5.73 Å². The lowest BCUT2D eigenvalue weighted by atomic mass is 10.1. The second-order valence-corrected chi connectivity index (χ2v) is 3.29. The van der Waals surface area contributed by atoms with Crippen molar-refractivity contribution >= 4 is 5.82 Å². The van der Waals surface area contributed by atoms with Crippen LogP contribution in [-0.2, 0) is 11.3 Å². The van der Waals surface area contributed by atoms with E-state index in [1.807, 2.05) is 0 Å². The molecule has 14 heavy (non-hydrogen) atoms. The molecule has 2 rings (SSSR count). The lowest BCUT2D eigenvalue weighted by Crippen LogP contribution is -2.52. The van der Waals surface area contributed by atoms with Crippen LogP contribution in [0.25, 0.3) is 0 Å². The van der Waals surface area contributed by atoms with Crippen molar-refractivity contribution in [1.29, 1.82) is 0 Å². The standard InChI is InChI=1S/C9H14N4O/c1-14-7-5-13(6-7)9-8(4-10)11-2-3-12-9/h2-3,7H,4-6,10H2,1H3. The van der Waals surface area contributed by atoms with Gasteiger partial charge in [0, 0.05) is 39.1 Å². The minimum Gasteiger partial charge on any atom is -0.378 e. The number of hydrogen-bond donors (Lipinski definition) is 1. The first-order chi connectivity index (χ1) is 6.85. The molecule has 1 aliphatic heterocycles. The molecule has 0 unspecified atom stereocenters. The van der Waals surface area contributed by atoms with Gasteiger partial charge in [0.1, 0.15) is 0 Å². The molecule has 0 atom stereocenters. The molecule has 0 aromatic carbocycles. The van der Waals surface area contributed by atoms with Crippen LogP contribution < -0.4 is 10.6 Å². The van der Waals surface area contributed by atoms with E-state index in [-0.39, 0.29) is 0 Å². The van der Waals surface area contributed by atoms with Crippen LogP contribution in [0.3, 0.4) is 0 Å². The summed E-state index contributed by atoms with van der Waals surface area (Å²) in [5.41, 5.74) is 6.42. The molecule has 0 bridgehead atoms. The molecule has 0 aliphatic carbocycles. The second kappa shape index (κ2) is 3.89. The van der Waals surface area contributed by atoms with E-state index in [4.69, 9.17) is 10.5 Å². The fourth-order valence-electron chi connectivity index (χ4n) is 1.53. The van der Waals surface area contributed by atoms with Gasteiger partial charge in [-0.3, -0.25) is 4.98 Å². The third-order valence-electron chi connectivity index (χ3n) is 2.43. The molecule has 76 valence electrons. The largest absolute Gasteiger partial charge is 0.378 e. The number of ether oxygens (including phenoxy) is 1. The fourth-order valence-corrected chi connectivity index (χ4v) is 1.53. The van der Waals surface area contributed by atoms with Crippen molar-refractivity contribution in [2.75, 3.05) is 25.1 Å². The number of aromatic nitrogens is 2. The van der Waals surface area contributed by atoms with Gasteiger partial charge < -0.3 is 15.4 Å². The molecule has 1 aromatic rings. The van der Waals surface area contributed by atoms with Crippen LogP contribution in [0, 0.1) is 0 Å². The number of anilines is 1. The third-order valence-corrected chi connectivity index (χ3v) is 2.43. The van der Waals surface area contributed by atoms with E-state index in [9.17, 15) is 0 Å². The van der Waals surface area contributed by atoms with Crippen molar-refractivity contribution in [1.82, 2.24) is 9.97 Å². The molecule has 2 heterocycles. The minimum absolute atomic E-state index is 0.322. The first kappa shape index (κ1) is 9.36. The summed E-state index contributed by atoms with van der Waals surface area (Å²) in [6, 6.07) is 0. The number of methoxy groups -OCH3 is 1. The van der Waals surface area contributed by atoms with Gasteiger partial charge in [-0.25, -0.2) is 4.98 Å². The highest BCUT2D eigenvalue weighted by atomic mass is 16.5. The fraction of sp³-hybridized carbons (Fsp3) is 0.556. The Balaban J connectivity index is 2.10. The second-order valence-electron chi connectivity index (χ2n) is 3.29. The SMILES string of the molecule is COC1CN(c2nccnc2CN)C1. The maximum Gasteiger partial charge on any atom is 0.151 e. The number of hydrogen-bond acceptors (Lipinski definition) is 5. The van der Waals surface area contributed by atoms with Crippen LogP contribution in [0.4, 0.5) is 5.82 Å². The first-order valence-corrected chi connectivity index (χ1v) is 4.63. The minimum atomic E-state index is 0.322. The first-order valence-electron chi connectivity index (χ1n) is 4.63. The summed E-state index contributed by atoms with van der Waals surface area (Å²) in [6.07, 6.45) is 3.68. The highest BCUT2D eigenvalue weighted by molar-refractivity contribution is 5.46. The number of nitrogens with two attached hydrogens (primary N) is 1. The lowest BCUT2D eigenvalue weighted by Gasteiger charge is -2.39. The van der Waals surface area contributed by atoms with Crippen molar-refractivity contribution in [2.45, 2.75) is 12.6 Å². The molecule has 0 saturated carbocycles. The van der Waals surface area contributed by atoms with E-state index in [1.54, 1.807) is 19.5 Å². The van der Waals surface area contributed by atoms with Crippen LogP contribution >= 0.6 is 0 Å². The quantitative estimate of drug-likeness (QED) is 0.720. The molecule has 1 aromatic heterocycles. The van der Waals surface area contributed by atoms with Crippen LogP contribution in [0.15, 0.2) is 12.4 Å². The summed E-state index contributed by atoms with van der Waals surface area (Å²) in [4.78, 5) is 10.6. The summed E-state index contributed by atoms with van der Waals surface area (Å²) in [5, 5.41) is 0. The number of rotatable bonds is 3. The van der Waals surface area contributed by atoms with Gasteiger partial charge in [-0.2, -0.15) is 0 Å². The van der Waals surface area contributed by atoms with Crippen molar-refractivity contribution in [3.63, 3.8) is 0 Å². The highest BCUT2D eigenvalue weighted by Crippen LogP contribution is 2.21. The van der Waals surface area contributed by atoms with E-state index >= 15 is 0 Å². The molecule has 1 aliphatic rings. The molecule has 0 amide bonds. The molecular formula is C9H14N4O. The predicted octanol–water partition coefficient (Wildman–Crippen LogP) is -0.230. The molecule has 1 fully saturated rings. The van der Waals surface area contributed by atoms with E-state index in [0.717, 1.165) is 24.6 Å². The van der Waals surface area contributed by atoms with E-state index in [2.05, 4.69) is 14.9 Å². The summed E-state index contributed by atoms with van der Waals surface area (Å²) in [5.74, 6) is 0.892. The Morgan fingerprint density at radius 2 is 2.21 bits per heavy atom. The summed E-state index contributed by atoms with van der Waals surface area (Å²) >= 11 is 0. The van der Waals surface area contributed by atoms with Gasteiger partial charge in [0.2, 0.25) is 0 Å². The Morgan fingerprint density at radius 3 is 2.86 bits per heavy atom. The average molecular weight is 194 g/mol. The Hall–Kier alpha value is -1.20. The van der Waals surface area contributed by atoms with Gasteiger partial charge in [-0.05, 0) is 0 Å². The van der Waals surface area contributed by atoms with Gasteiger partial charge in [-0.15, -0.1) is 0 Å². The third kappa shape index (κ3) is 1.56. The topological polar surface area (TPSA) is 64.3 Å². The zero-order valence-electron chi connectivity index (χ0n) is 8.18. The molecule has 5 heteroatoms. The van der Waals surface area contributed by atoms with Gasteiger partial charge in [0.25, 0.3) is 0 Å². The highest BCUT2D eigenvalue weighted by Gasteiger charge is 2.28. The van der Waals surface area contributed by atoms with Gasteiger partial charge in [0.15, 0.2) is 5.82 Å². The average Bonchev–Trinajstić information content (AvgIpc) is 2.17. The molecule has 1 saturated heterocycles. The van der Waals surface area contributed by atoms with Crippen molar-refractivity contribution < 1.29 is 4.74 Å². The van der Waals surface area contributed by atoms with Gasteiger partial charge >= 0.3 is 0 Å². The monoisotopic (exact) mass is 194 g/mol. The van der Waals surface area contributed by atoms with Crippen LogP contribution in [0.2, 0.25) is 0 Å². The molecule has 5 nitrogen and oxygen atoms in total. The maximum atomic E-state index is 5.57. The zero-order chi connectivity index (χ0) is 9.97. The maximum absolute atomic E-state index is 5.57. The van der Waals surface area contributed by atoms with Crippen molar-refractivity contribution in [3.8, 4) is 0 Å². The zero-order valence-corrected chi connectivity index (χ0v) is 8.18. The van der Waals surface area contributed by atoms with Crippen LogP contribution in [-0.4, -0.2) is 36.3 Å². The van der Waals surface area contributed by atoms with Crippen LogP contribution in [0.1, 0.15) is 5.69 Å².